The van der Waals surface area contributed by atoms with E-state index in [1.165, 1.54) is 17.6 Å². The molecule has 3 rings (SSSR count). The largest absolute Gasteiger partial charge is 0.459 e. The Labute approximate surface area is 138 Å². The highest BCUT2D eigenvalue weighted by Crippen LogP contribution is 2.17. The first-order chi connectivity index (χ1) is 11.2. The standard InChI is InChI=1S/C16H19N3O3S/c1-2-14-17-10-13(23-14)15(20)18-11-5-7-19(8-6-11)16(21)12-4-3-9-22-12/h3-4,9-11H,2,5-8H2,1H3,(H,18,20). The number of hydrogen-bond acceptors (Lipinski definition) is 5. The van der Waals surface area contributed by atoms with Gasteiger partial charge in [-0.2, -0.15) is 0 Å². The van der Waals surface area contributed by atoms with Gasteiger partial charge in [0.05, 0.1) is 17.5 Å². The van der Waals surface area contributed by atoms with Gasteiger partial charge < -0.3 is 14.6 Å². The van der Waals surface area contributed by atoms with Gasteiger partial charge in [-0.3, -0.25) is 9.59 Å². The zero-order valence-corrected chi connectivity index (χ0v) is 13.8. The van der Waals surface area contributed by atoms with E-state index in [-0.39, 0.29) is 17.9 Å². The van der Waals surface area contributed by atoms with Crippen LogP contribution in [0, 0.1) is 0 Å². The van der Waals surface area contributed by atoms with Crippen molar-refractivity contribution in [3.63, 3.8) is 0 Å². The number of amides is 2. The van der Waals surface area contributed by atoms with Crippen LogP contribution in [0.3, 0.4) is 0 Å². The van der Waals surface area contributed by atoms with Gasteiger partial charge >= 0.3 is 0 Å². The highest BCUT2D eigenvalue weighted by atomic mass is 32.1. The normalized spacial score (nSPS) is 15.6. The molecule has 2 aromatic heterocycles. The summed E-state index contributed by atoms with van der Waals surface area (Å²) in [5.74, 6) is 0.206. The molecule has 2 amide bonds. The number of furan rings is 1. The van der Waals surface area contributed by atoms with E-state index in [1.807, 2.05) is 6.92 Å². The lowest BCUT2D eigenvalue weighted by atomic mass is 10.0. The Balaban J connectivity index is 1.51. The predicted octanol–water partition coefficient (Wildman–Crippen LogP) is 2.33. The molecule has 7 heteroatoms. The molecule has 0 aromatic carbocycles. The average Bonchev–Trinajstić information content (AvgIpc) is 3.26. The molecule has 0 radical (unpaired) electrons. The second kappa shape index (κ2) is 6.95. The Hall–Kier alpha value is -2.15. The van der Waals surface area contributed by atoms with E-state index < -0.39 is 0 Å². The summed E-state index contributed by atoms with van der Waals surface area (Å²) in [5, 5.41) is 4.00. The molecule has 122 valence electrons. The number of carbonyl (C=O) groups excluding carboxylic acids is 2. The van der Waals surface area contributed by atoms with E-state index in [2.05, 4.69) is 10.3 Å². The Morgan fingerprint density at radius 1 is 1.43 bits per heavy atom. The number of aromatic nitrogens is 1. The Morgan fingerprint density at radius 2 is 2.22 bits per heavy atom. The minimum atomic E-state index is -0.0881. The van der Waals surface area contributed by atoms with Crippen LogP contribution in [0.1, 0.15) is 45.0 Å². The zero-order valence-electron chi connectivity index (χ0n) is 12.9. The van der Waals surface area contributed by atoms with Crippen molar-refractivity contribution in [2.75, 3.05) is 13.1 Å². The van der Waals surface area contributed by atoms with E-state index in [4.69, 9.17) is 4.42 Å². The predicted molar refractivity (Wildman–Crippen MR) is 86.6 cm³/mol. The molecule has 0 bridgehead atoms. The zero-order chi connectivity index (χ0) is 16.2. The smallest absolute Gasteiger partial charge is 0.289 e. The molecule has 6 nitrogen and oxygen atoms in total. The number of carbonyl (C=O) groups is 2. The first-order valence-electron chi connectivity index (χ1n) is 7.75. The SMILES string of the molecule is CCc1ncc(C(=O)NC2CCN(C(=O)c3ccco3)CC2)s1. The summed E-state index contributed by atoms with van der Waals surface area (Å²) in [7, 11) is 0. The molecule has 2 aromatic rings. The molecule has 1 aliphatic rings. The summed E-state index contributed by atoms with van der Waals surface area (Å²) in [5.41, 5.74) is 0. The van der Waals surface area contributed by atoms with Crippen molar-refractivity contribution < 1.29 is 14.0 Å². The fourth-order valence-electron chi connectivity index (χ4n) is 2.62. The number of hydrogen-bond donors (Lipinski definition) is 1. The van der Waals surface area contributed by atoms with E-state index in [0.717, 1.165) is 24.3 Å². The number of piperidine rings is 1. The van der Waals surface area contributed by atoms with Crippen molar-refractivity contribution in [1.82, 2.24) is 15.2 Å². The molecular weight excluding hydrogens is 314 g/mol. The van der Waals surface area contributed by atoms with Gasteiger partial charge in [-0.25, -0.2) is 4.98 Å². The summed E-state index contributed by atoms with van der Waals surface area (Å²) in [6.45, 7) is 3.26. The monoisotopic (exact) mass is 333 g/mol. The molecule has 0 saturated carbocycles. The quantitative estimate of drug-likeness (QED) is 0.932. The molecule has 0 aliphatic carbocycles. The molecule has 0 spiro atoms. The van der Waals surface area contributed by atoms with E-state index >= 15 is 0 Å². The lowest BCUT2D eigenvalue weighted by Crippen LogP contribution is -2.46. The van der Waals surface area contributed by atoms with Crippen LogP contribution < -0.4 is 5.32 Å². The molecule has 0 atom stereocenters. The van der Waals surface area contributed by atoms with Crippen LogP contribution in [0.4, 0.5) is 0 Å². The van der Waals surface area contributed by atoms with Gasteiger partial charge in [0.2, 0.25) is 0 Å². The van der Waals surface area contributed by atoms with Gasteiger partial charge in [0.25, 0.3) is 11.8 Å². The van der Waals surface area contributed by atoms with Gasteiger partial charge in [-0.05, 0) is 31.4 Å². The van der Waals surface area contributed by atoms with Gasteiger partial charge in [0.15, 0.2) is 5.76 Å². The Morgan fingerprint density at radius 3 is 2.83 bits per heavy atom. The van der Waals surface area contributed by atoms with Crippen LogP contribution in [0.5, 0.6) is 0 Å². The van der Waals surface area contributed by atoms with Crippen molar-refractivity contribution in [2.45, 2.75) is 32.2 Å². The van der Waals surface area contributed by atoms with Crippen LogP contribution in [0.2, 0.25) is 0 Å². The van der Waals surface area contributed by atoms with Crippen LogP contribution >= 0.6 is 11.3 Å². The van der Waals surface area contributed by atoms with Gasteiger partial charge in [-0.15, -0.1) is 11.3 Å². The Bertz CT molecular complexity index is 673. The van der Waals surface area contributed by atoms with Crippen molar-refractivity contribution in [2.24, 2.45) is 0 Å². The number of nitrogens with zero attached hydrogens (tertiary/aromatic N) is 2. The number of nitrogens with one attached hydrogen (secondary N) is 1. The number of likely N-dealkylation sites (tertiary alicyclic amines) is 1. The van der Waals surface area contributed by atoms with Gasteiger partial charge in [0.1, 0.15) is 4.88 Å². The lowest BCUT2D eigenvalue weighted by Gasteiger charge is -2.31. The first-order valence-corrected chi connectivity index (χ1v) is 8.57. The fourth-order valence-corrected chi connectivity index (χ4v) is 3.38. The van der Waals surface area contributed by atoms with Gasteiger partial charge in [0, 0.05) is 19.1 Å². The van der Waals surface area contributed by atoms with Crippen LogP contribution in [0.15, 0.2) is 29.0 Å². The molecule has 3 heterocycles. The molecule has 1 fully saturated rings. The molecular formula is C16H19N3O3S. The minimum absolute atomic E-state index is 0.0713. The summed E-state index contributed by atoms with van der Waals surface area (Å²) in [6.07, 6.45) is 5.47. The second-order valence-electron chi connectivity index (χ2n) is 5.49. The van der Waals surface area contributed by atoms with Crippen molar-refractivity contribution in [3.8, 4) is 0 Å². The first kappa shape index (κ1) is 15.7. The molecule has 1 saturated heterocycles. The minimum Gasteiger partial charge on any atom is -0.459 e. The highest BCUT2D eigenvalue weighted by molar-refractivity contribution is 7.13. The fraction of sp³-hybridized carbons (Fsp3) is 0.438. The van der Waals surface area contributed by atoms with Crippen molar-refractivity contribution in [3.05, 3.63) is 40.2 Å². The average molecular weight is 333 g/mol. The van der Waals surface area contributed by atoms with E-state index in [1.54, 1.807) is 23.2 Å². The highest BCUT2D eigenvalue weighted by Gasteiger charge is 2.26. The molecule has 1 aliphatic heterocycles. The maximum atomic E-state index is 12.2. The van der Waals surface area contributed by atoms with Crippen LogP contribution in [0.25, 0.3) is 0 Å². The van der Waals surface area contributed by atoms with Crippen LogP contribution in [-0.4, -0.2) is 40.8 Å². The third-order valence-electron chi connectivity index (χ3n) is 3.93. The maximum absolute atomic E-state index is 12.2. The number of rotatable bonds is 4. The van der Waals surface area contributed by atoms with Crippen LogP contribution in [-0.2, 0) is 6.42 Å². The van der Waals surface area contributed by atoms with Gasteiger partial charge in [-0.1, -0.05) is 6.92 Å². The Kier molecular flexibility index (Phi) is 4.76. The number of aryl methyl sites for hydroxylation is 1. The topological polar surface area (TPSA) is 75.4 Å². The third kappa shape index (κ3) is 3.61. The van der Waals surface area contributed by atoms with E-state index in [9.17, 15) is 9.59 Å². The van der Waals surface area contributed by atoms with Crippen molar-refractivity contribution in [1.29, 1.82) is 0 Å². The summed E-state index contributed by atoms with van der Waals surface area (Å²) in [4.78, 5) is 31.0. The van der Waals surface area contributed by atoms with E-state index in [0.29, 0.717) is 23.7 Å². The lowest BCUT2D eigenvalue weighted by molar-refractivity contribution is 0.0667. The molecule has 23 heavy (non-hydrogen) atoms. The summed E-state index contributed by atoms with van der Waals surface area (Å²) in [6, 6.07) is 3.47. The van der Waals surface area contributed by atoms with Crippen molar-refractivity contribution >= 4 is 23.2 Å². The second-order valence-corrected chi connectivity index (χ2v) is 6.60. The summed E-state index contributed by atoms with van der Waals surface area (Å²) >= 11 is 1.43. The number of thiazole rings is 1. The molecule has 1 N–H and O–H groups in total. The summed E-state index contributed by atoms with van der Waals surface area (Å²) < 4.78 is 5.14. The molecule has 0 unspecified atom stereocenters. The third-order valence-corrected chi connectivity index (χ3v) is 5.07. The maximum Gasteiger partial charge on any atom is 0.289 e.